The van der Waals surface area contributed by atoms with E-state index in [4.69, 9.17) is 142 Å². The van der Waals surface area contributed by atoms with Crippen LogP contribution in [0.4, 0.5) is 0 Å². The maximum Gasteiger partial charge on any atom is 0.187 e. The normalized spacial score (nSPS) is 46.1. The van der Waals surface area contributed by atoms with Gasteiger partial charge in [0, 0.05) is 128 Å². The van der Waals surface area contributed by atoms with Gasteiger partial charge in [-0.2, -0.15) is 0 Å². The molecule has 84 heavy (non-hydrogen) atoms. The monoisotopic (exact) mass is 1220 g/mol. The largest absolute Gasteiger partial charge is 0.382 e. The number of methoxy groups -OCH3 is 18. The highest BCUT2D eigenvalue weighted by Crippen LogP contribution is 2.42. The second kappa shape index (κ2) is 34.3. The summed E-state index contributed by atoms with van der Waals surface area (Å²) in [6.07, 6.45) is -29.6. The van der Waals surface area contributed by atoms with E-state index in [1.165, 1.54) is 128 Å². The van der Waals surface area contributed by atoms with Gasteiger partial charge in [-0.3, -0.25) is 0 Å². The summed E-state index contributed by atoms with van der Waals surface area (Å²) in [4.78, 5) is 0. The molecule has 22 saturated heterocycles. The Morgan fingerprint density at radius 2 is 0.286 bits per heavy atom. The summed E-state index contributed by atoms with van der Waals surface area (Å²) < 4.78 is 192. The van der Waals surface area contributed by atoms with Gasteiger partial charge < -0.3 is 142 Å². The fourth-order valence-electron chi connectivity index (χ4n) is 12.7. The van der Waals surface area contributed by atoms with E-state index in [9.17, 15) is 0 Å². The minimum Gasteiger partial charge on any atom is -0.382 e. The molecule has 0 radical (unpaired) electrons. The van der Waals surface area contributed by atoms with Crippen LogP contribution < -0.4 is 0 Å². The van der Waals surface area contributed by atoms with Crippen LogP contribution in [-0.4, -0.2) is 352 Å². The lowest BCUT2D eigenvalue weighted by atomic mass is 9.94. The molecule has 22 aliphatic heterocycles. The van der Waals surface area contributed by atoms with Crippen molar-refractivity contribution in [3.8, 4) is 0 Å². The Morgan fingerprint density at radius 3 is 0.381 bits per heavy atom. The zero-order valence-corrected chi connectivity index (χ0v) is 51.8. The average Bonchev–Trinajstić information content (AvgIpc) is 3.44. The minimum absolute atomic E-state index is 0.00790. The summed E-state index contributed by atoms with van der Waals surface area (Å²) in [6, 6.07) is 0. The van der Waals surface area contributed by atoms with Gasteiger partial charge in [0.25, 0.3) is 0 Å². The fourth-order valence-corrected chi connectivity index (χ4v) is 12.7. The van der Waals surface area contributed by atoms with Gasteiger partial charge in [-0.1, -0.05) is 0 Å². The molecule has 22 rings (SSSR count). The quantitative estimate of drug-likeness (QED) is 0.109. The lowest BCUT2D eigenvalue weighted by molar-refractivity contribution is -0.410. The molecule has 492 valence electrons. The molecule has 0 aromatic carbocycles. The lowest BCUT2D eigenvalue weighted by Gasteiger charge is -2.53. The molecule has 0 aromatic rings. The third kappa shape index (κ3) is 15.1. The van der Waals surface area contributed by atoms with Crippen molar-refractivity contribution in [2.75, 3.05) is 168 Å². The lowest BCUT2D eigenvalue weighted by Crippen LogP contribution is -2.70. The van der Waals surface area contributed by atoms with Crippen LogP contribution in [0.15, 0.2) is 0 Å². The van der Waals surface area contributed by atoms with E-state index in [-0.39, 0.29) is 39.6 Å². The van der Waals surface area contributed by atoms with E-state index in [2.05, 4.69) is 0 Å². The Balaban J connectivity index is 1.35. The highest BCUT2D eigenvalue weighted by molar-refractivity contribution is 5.03. The molecule has 30 heteroatoms. The van der Waals surface area contributed by atoms with Gasteiger partial charge in [0.2, 0.25) is 0 Å². The smallest absolute Gasteiger partial charge is 0.187 e. The predicted molar refractivity (Wildman–Crippen MR) is 282 cm³/mol. The first-order chi connectivity index (χ1) is 40.9. The molecular formula is C54H96O30. The van der Waals surface area contributed by atoms with Crippen LogP contribution in [0.1, 0.15) is 0 Å². The highest BCUT2D eigenvalue weighted by atomic mass is 16.8. The van der Waals surface area contributed by atoms with Crippen molar-refractivity contribution in [2.45, 2.75) is 184 Å². The zero-order chi connectivity index (χ0) is 60.8. The van der Waals surface area contributed by atoms with Crippen molar-refractivity contribution < 1.29 is 142 Å². The molecule has 0 aromatic heterocycles. The molecule has 22 heterocycles. The number of hydrogen-bond acceptors (Lipinski definition) is 30. The summed E-state index contributed by atoms with van der Waals surface area (Å²) >= 11 is 0. The van der Waals surface area contributed by atoms with Crippen molar-refractivity contribution in [3.05, 3.63) is 0 Å². The van der Waals surface area contributed by atoms with Crippen LogP contribution in [0.3, 0.4) is 0 Å². The van der Waals surface area contributed by atoms with Crippen LogP contribution in [0.5, 0.6) is 0 Å². The second-order valence-electron chi connectivity index (χ2n) is 21.0. The molecule has 0 spiro atoms. The maximum absolute atomic E-state index is 6.98. The molecule has 30 atom stereocenters. The SMILES string of the molecule is COCC1OC2OC3C(COC)OC(OC4C(COC)OC(OC5C(COC)OC(OC6C(COC)OC(OC7C(COC)OC(OC1C(OC)C2OC)C(OC)C7OC)C(OC)C6OC)C(OC)C5OC)C(OC)C4OC)C(OC)C3OC. The molecule has 22 aliphatic rings. The molecule has 0 aliphatic carbocycles. The minimum atomic E-state index is -1.18. The molecule has 30 unspecified atom stereocenters. The third-order valence-electron chi connectivity index (χ3n) is 16.5. The van der Waals surface area contributed by atoms with Crippen molar-refractivity contribution >= 4 is 0 Å². The van der Waals surface area contributed by atoms with Crippen molar-refractivity contribution in [2.24, 2.45) is 0 Å². The van der Waals surface area contributed by atoms with Gasteiger partial charge in [0.15, 0.2) is 37.7 Å². The summed E-state index contributed by atoms with van der Waals surface area (Å²) in [6.45, 7) is -0.0474. The van der Waals surface area contributed by atoms with Crippen LogP contribution in [0.25, 0.3) is 0 Å². The Labute approximate surface area is 492 Å². The first-order valence-corrected chi connectivity index (χ1v) is 28.0. The summed E-state index contributed by atoms with van der Waals surface area (Å²) in [5.41, 5.74) is 0. The van der Waals surface area contributed by atoms with Gasteiger partial charge in [0.05, 0.1) is 39.6 Å². The maximum atomic E-state index is 6.98. The molecule has 0 N–H and O–H groups in total. The summed E-state index contributed by atoms with van der Waals surface area (Å²) in [5, 5.41) is 0. The van der Waals surface area contributed by atoms with Gasteiger partial charge in [-0.05, 0) is 0 Å². The van der Waals surface area contributed by atoms with Gasteiger partial charge in [-0.15, -0.1) is 0 Å². The molecule has 12 bridgehead atoms. The van der Waals surface area contributed by atoms with E-state index in [0.717, 1.165) is 0 Å². The number of ether oxygens (including phenoxy) is 30. The van der Waals surface area contributed by atoms with Crippen LogP contribution in [0, 0.1) is 0 Å². The molecule has 22 fully saturated rings. The number of rotatable bonds is 24. The molecule has 0 saturated carbocycles. The van der Waals surface area contributed by atoms with E-state index in [1.807, 2.05) is 0 Å². The van der Waals surface area contributed by atoms with Crippen molar-refractivity contribution in [1.29, 1.82) is 0 Å². The van der Waals surface area contributed by atoms with Gasteiger partial charge in [0.1, 0.15) is 146 Å². The first kappa shape index (κ1) is 70.3. The topological polar surface area (TPSA) is 277 Å². The van der Waals surface area contributed by atoms with E-state index in [1.54, 1.807) is 0 Å². The molecular weight excluding hydrogens is 1130 g/mol. The Kier molecular flexibility index (Phi) is 28.7. The standard InChI is InChI=1S/C54H96O30/c1-55-19-25-31-37(61-7)43(67-13)49(73-25)80-32-26(20-56-2)75-51(45(69-15)38(32)62-8)82-34-28(22-58-4)77-53(47(71-17)40(34)64-10)84-36-30(24-60-6)78-54(48(72-18)42(36)66-12)83-35-29(23-59-5)76-52(46(70-16)41(35)65-11)81-33-27(21-57-3)74-50(79-31)44(68-14)39(33)63-9/h25-54H,19-24H2,1-18H3. The Bertz CT molecular complexity index is 1510. The van der Waals surface area contributed by atoms with E-state index >= 15 is 0 Å². The average molecular weight is 1230 g/mol. The van der Waals surface area contributed by atoms with Gasteiger partial charge >= 0.3 is 0 Å². The summed E-state index contributed by atoms with van der Waals surface area (Å²) in [7, 11) is 27.3. The zero-order valence-electron chi connectivity index (χ0n) is 51.8. The van der Waals surface area contributed by atoms with Gasteiger partial charge in [-0.25, -0.2) is 0 Å². The van der Waals surface area contributed by atoms with Crippen molar-refractivity contribution in [1.82, 2.24) is 0 Å². The molecule has 30 nitrogen and oxygen atoms in total. The Morgan fingerprint density at radius 1 is 0.167 bits per heavy atom. The highest BCUT2D eigenvalue weighted by Gasteiger charge is 2.61. The Hall–Kier alpha value is -1.20. The van der Waals surface area contributed by atoms with Crippen LogP contribution >= 0.6 is 0 Å². The van der Waals surface area contributed by atoms with E-state index < -0.39 is 184 Å². The van der Waals surface area contributed by atoms with Crippen LogP contribution in [0.2, 0.25) is 0 Å². The first-order valence-electron chi connectivity index (χ1n) is 28.0. The van der Waals surface area contributed by atoms with Crippen molar-refractivity contribution in [3.63, 3.8) is 0 Å². The predicted octanol–water partition coefficient (Wildman–Crippen LogP) is -1.28. The second-order valence-corrected chi connectivity index (χ2v) is 21.0. The molecule has 0 amide bonds. The third-order valence-corrected chi connectivity index (χ3v) is 16.5. The van der Waals surface area contributed by atoms with E-state index in [0.29, 0.717) is 0 Å². The van der Waals surface area contributed by atoms with Crippen LogP contribution in [-0.2, 0) is 142 Å². The fraction of sp³-hybridized carbons (Fsp3) is 1.00. The number of hydrogen-bond donors (Lipinski definition) is 0. The summed E-state index contributed by atoms with van der Waals surface area (Å²) in [5.74, 6) is 0.